The molecule has 1 aromatic heterocycles. The Morgan fingerprint density at radius 3 is 3.20 bits per heavy atom. The van der Waals surface area contributed by atoms with Crippen molar-refractivity contribution in [3.05, 3.63) is 23.7 Å². The van der Waals surface area contributed by atoms with Crippen molar-refractivity contribution in [3.8, 4) is 0 Å². The maximum atomic E-state index is 5.49. The van der Waals surface area contributed by atoms with Gasteiger partial charge in [-0.15, -0.1) is 0 Å². The van der Waals surface area contributed by atoms with Crippen LogP contribution >= 0.6 is 0 Å². The molecule has 2 aliphatic carbocycles. The van der Waals surface area contributed by atoms with E-state index in [0.29, 0.717) is 11.5 Å². The average Bonchev–Trinajstić information content (AvgIpc) is 2.80. The minimum atomic E-state index is 0.546. The summed E-state index contributed by atoms with van der Waals surface area (Å²) in [6.07, 6.45) is 8.27. The summed E-state index contributed by atoms with van der Waals surface area (Å²) in [5.74, 6) is 1.21. The molecule has 0 amide bonds. The van der Waals surface area contributed by atoms with Crippen molar-refractivity contribution in [1.82, 2.24) is 5.32 Å². The van der Waals surface area contributed by atoms with Gasteiger partial charge in [-0.3, -0.25) is 0 Å². The van der Waals surface area contributed by atoms with Gasteiger partial charge in [0.15, 0.2) is 0 Å². The first-order valence-electron chi connectivity index (χ1n) is 6.07. The van der Waals surface area contributed by atoms with Crippen molar-refractivity contribution in [2.75, 3.05) is 6.54 Å². The molecule has 2 heteroatoms. The van der Waals surface area contributed by atoms with Gasteiger partial charge >= 0.3 is 0 Å². The summed E-state index contributed by atoms with van der Waals surface area (Å²) in [6.45, 7) is 3.54. The van der Waals surface area contributed by atoms with E-state index in [0.717, 1.165) is 6.42 Å². The van der Waals surface area contributed by atoms with E-state index in [4.69, 9.17) is 4.42 Å². The zero-order valence-electron chi connectivity index (χ0n) is 9.38. The molecule has 1 fully saturated rings. The van der Waals surface area contributed by atoms with Gasteiger partial charge in [-0.1, -0.05) is 6.92 Å². The molecule has 0 aliphatic heterocycles. The van der Waals surface area contributed by atoms with Crippen LogP contribution in [-0.2, 0) is 6.42 Å². The van der Waals surface area contributed by atoms with Crippen LogP contribution in [0.15, 0.2) is 16.7 Å². The van der Waals surface area contributed by atoms with Crippen LogP contribution in [0.2, 0.25) is 0 Å². The predicted molar refractivity (Wildman–Crippen MR) is 59.7 cm³/mol. The molecule has 0 spiro atoms. The Bertz CT molecular complexity index is 351. The normalized spacial score (nSPS) is 27.4. The van der Waals surface area contributed by atoms with Crippen LogP contribution in [0.1, 0.15) is 50.0 Å². The molecule has 1 aromatic rings. The largest absolute Gasteiger partial charge is 0.469 e. The summed E-state index contributed by atoms with van der Waals surface area (Å²) < 4.78 is 5.49. The molecule has 1 atom stereocenters. The molecule has 0 bridgehead atoms. The summed E-state index contributed by atoms with van der Waals surface area (Å²) in [5.41, 5.74) is 2.01. The minimum absolute atomic E-state index is 0.546. The van der Waals surface area contributed by atoms with E-state index in [1.54, 1.807) is 0 Å². The number of furan rings is 1. The van der Waals surface area contributed by atoms with Gasteiger partial charge in [-0.05, 0) is 37.2 Å². The van der Waals surface area contributed by atoms with Crippen LogP contribution in [0.25, 0.3) is 0 Å². The Morgan fingerprint density at radius 1 is 1.53 bits per heavy atom. The second-order valence-corrected chi connectivity index (χ2v) is 5.44. The van der Waals surface area contributed by atoms with E-state index in [1.165, 1.54) is 43.6 Å². The van der Waals surface area contributed by atoms with Crippen molar-refractivity contribution in [2.24, 2.45) is 5.41 Å². The third kappa shape index (κ3) is 1.83. The van der Waals surface area contributed by atoms with Crippen LogP contribution < -0.4 is 5.32 Å². The van der Waals surface area contributed by atoms with E-state index in [2.05, 4.69) is 18.3 Å². The second-order valence-electron chi connectivity index (χ2n) is 5.44. The molecule has 0 radical (unpaired) electrons. The first-order chi connectivity index (χ1) is 7.27. The van der Waals surface area contributed by atoms with E-state index in [1.807, 2.05) is 6.26 Å². The van der Waals surface area contributed by atoms with Crippen molar-refractivity contribution in [3.63, 3.8) is 0 Å². The van der Waals surface area contributed by atoms with Gasteiger partial charge in [-0.2, -0.15) is 0 Å². The van der Waals surface area contributed by atoms with Gasteiger partial charge in [-0.25, -0.2) is 0 Å². The number of hydrogen-bond donors (Lipinski definition) is 1. The van der Waals surface area contributed by atoms with Crippen molar-refractivity contribution in [2.45, 2.75) is 45.1 Å². The lowest BCUT2D eigenvalue weighted by atomic mass is 9.93. The van der Waals surface area contributed by atoms with Crippen LogP contribution in [0.5, 0.6) is 0 Å². The SMILES string of the molecule is CC1(CNC2CCCc3occc32)CC1. The average molecular weight is 205 g/mol. The van der Waals surface area contributed by atoms with Crippen LogP contribution in [0, 0.1) is 5.41 Å². The van der Waals surface area contributed by atoms with Gasteiger partial charge in [0.1, 0.15) is 5.76 Å². The molecular formula is C13H19NO. The van der Waals surface area contributed by atoms with E-state index in [-0.39, 0.29) is 0 Å². The van der Waals surface area contributed by atoms with E-state index >= 15 is 0 Å². The Labute approximate surface area is 91.0 Å². The minimum Gasteiger partial charge on any atom is -0.469 e. The highest BCUT2D eigenvalue weighted by Gasteiger charge is 2.37. The smallest absolute Gasteiger partial charge is 0.108 e. The van der Waals surface area contributed by atoms with E-state index in [9.17, 15) is 0 Å². The quantitative estimate of drug-likeness (QED) is 0.820. The van der Waals surface area contributed by atoms with Crippen LogP contribution in [-0.4, -0.2) is 6.54 Å². The molecule has 1 heterocycles. The van der Waals surface area contributed by atoms with Gasteiger partial charge in [0.05, 0.1) is 6.26 Å². The number of fused-ring (bicyclic) bond motifs is 1. The number of aryl methyl sites for hydroxylation is 1. The Morgan fingerprint density at radius 2 is 2.40 bits per heavy atom. The van der Waals surface area contributed by atoms with Gasteiger partial charge in [0, 0.05) is 24.6 Å². The molecule has 82 valence electrons. The zero-order chi connectivity index (χ0) is 10.3. The lowest BCUT2D eigenvalue weighted by Crippen LogP contribution is -2.29. The maximum Gasteiger partial charge on any atom is 0.108 e. The van der Waals surface area contributed by atoms with Crippen LogP contribution in [0.3, 0.4) is 0 Å². The molecule has 3 rings (SSSR count). The standard InChI is InChI=1S/C13H19NO/c1-13(6-7-13)9-14-11-3-2-4-12-10(11)5-8-15-12/h5,8,11,14H,2-4,6-7,9H2,1H3. The van der Waals surface area contributed by atoms with Gasteiger partial charge in [0.25, 0.3) is 0 Å². The highest BCUT2D eigenvalue weighted by Crippen LogP contribution is 2.45. The summed E-state index contributed by atoms with van der Waals surface area (Å²) in [4.78, 5) is 0. The fourth-order valence-electron chi connectivity index (χ4n) is 2.46. The molecule has 2 aliphatic rings. The zero-order valence-corrected chi connectivity index (χ0v) is 9.38. The lowest BCUT2D eigenvalue weighted by molar-refractivity contribution is 0.381. The Hall–Kier alpha value is -0.760. The molecule has 1 N–H and O–H groups in total. The van der Waals surface area contributed by atoms with Crippen LogP contribution in [0.4, 0.5) is 0 Å². The van der Waals surface area contributed by atoms with Gasteiger partial charge in [0.2, 0.25) is 0 Å². The Balaban J connectivity index is 1.67. The summed E-state index contributed by atoms with van der Waals surface area (Å²) in [5, 5.41) is 3.71. The number of nitrogens with one attached hydrogen (secondary N) is 1. The summed E-state index contributed by atoms with van der Waals surface area (Å²) in [6, 6.07) is 2.69. The number of rotatable bonds is 3. The Kier molecular flexibility index (Phi) is 2.13. The van der Waals surface area contributed by atoms with Crippen molar-refractivity contribution < 1.29 is 4.42 Å². The molecule has 1 saturated carbocycles. The second kappa shape index (κ2) is 3.38. The lowest BCUT2D eigenvalue weighted by Gasteiger charge is -2.24. The predicted octanol–water partition coefficient (Wildman–Crippen LogP) is 3.05. The van der Waals surface area contributed by atoms with Crippen molar-refractivity contribution >= 4 is 0 Å². The molecule has 15 heavy (non-hydrogen) atoms. The molecule has 2 nitrogen and oxygen atoms in total. The molecule has 0 aromatic carbocycles. The van der Waals surface area contributed by atoms with Crippen molar-refractivity contribution in [1.29, 1.82) is 0 Å². The third-order valence-electron chi connectivity index (χ3n) is 3.93. The summed E-state index contributed by atoms with van der Waals surface area (Å²) in [7, 11) is 0. The van der Waals surface area contributed by atoms with E-state index < -0.39 is 0 Å². The summed E-state index contributed by atoms with van der Waals surface area (Å²) >= 11 is 0. The molecule has 0 saturated heterocycles. The van der Waals surface area contributed by atoms with Gasteiger partial charge < -0.3 is 9.73 Å². The monoisotopic (exact) mass is 205 g/mol. The maximum absolute atomic E-state index is 5.49. The topological polar surface area (TPSA) is 25.2 Å². The highest BCUT2D eigenvalue weighted by molar-refractivity contribution is 5.24. The third-order valence-corrected chi connectivity index (χ3v) is 3.93. The highest BCUT2D eigenvalue weighted by atomic mass is 16.3. The fourth-order valence-corrected chi connectivity index (χ4v) is 2.46. The number of hydrogen-bond acceptors (Lipinski definition) is 2. The molecular weight excluding hydrogens is 186 g/mol. The first-order valence-corrected chi connectivity index (χ1v) is 6.07. The molecule has 1 unspecified atom stereocenters. The first kappa shape index (κ1) is 9.46. The fraction of sp³-hybridized carbons (Fsp3) is 0.692.